The minimum Gasteiger partial charge on any atom is -0.394 e. The molecular formula is C40H69NO3. The number of carbonyl (C=O) groups is 1. The van der Waals surface area contributed by atoms with Crippen molar-refractivity contribution < 1.29 is 15.0 Å². The van der Waals surface area contributed by atoms with Gasteiger partial charge in [0.2, 0.25) is 5.91 Å². The van der Waals surface area contributed by atoms with Gasteiger partial charge in [-0.25, -0.2) is 0 Å². The van der Waals surface area contributed by atoms with Crippen LogP contribution in [0.2, 0.25) is 0 Å². The molecule has 4 heteroatoms. The first-order valence-electron chi connectivity index (χ1n) is 18.2. The fourth-order valence-corrected chi connectivity index (χ4v) is 4.91. The predicted octanol–water partition coefficient (Wildman–Crippen LogP) is 10.8. The van der Waals surface area contributed by atoms with Crippen molar-refractivity contribution in [1.29, 1.82) is 0 Å². The molecule has 0 saturated heterocycles. The van der Waals surface area contributed by atoms with E-state index in [0.29, 0.717) is 6.42 Å². The predicted molar refractivity (Wildman–Crippen MR) is 193 cm³/mol. The fourth-order valence-electron chi connectivity index (χ4n) is 4.91. The highest BCUT2D eigenvalue weighted by Crippen LogP contribution is 2.11. The Bertz CT molecular complexity index is 792. The summed E-state index contributed by atoms with van der Waals surface area (Å²) in [6.07, 6.45) is 49.8. The van der Waals surface area contributed by atoms with Crippen molar-refractivity contribution in [1.82, 2.24) is 5.32 Å². The molecule has 0 aromatic heterocycles. The molecule has 0 aromatic carbocycles. The SMILES string of the molecule is CC/C=C\C/C=C\C/C=C\C/C=C\C/C=C\CCCCCCCC(=O)NC(CO)C(O)/C=C/CCCCCCCCCCC. The summed E-state index contributed by atoms with van der Waals surface area (Å²) >= 11 is 0. The standard InChI is InChI=1S/C40H69NO3/c1-3-5-7-9-11-13-15-16-17-18-19-20-21-22-23-24-26-28-30-32-34-36-40(44)41-38(37-42)39(43)35-33-31-29-27-25-14-12-10-8-6-4-2/h5,7,11,13,16-17,19-20,22-23,33,35,38-39,42-43H,3-4,6,8-10,12,14-15,18,21,24-32,34,36-37H2,1-2H3,(H,41,44)/b7-5-,13-11-,17-16-,20-19-,23-22-,35-33+. The van der Waals surface area contributed by atoms with Crippen LogP contribution in [0.25, 0.3) is 0 Å². The number of nitrogens with one attached hydrogen (secondary N) is 1. The molecule has 0 aromatic rings. The molecule has 0 aliphatic heterocycles. The van der Waals surface area contributed by atoms with Crippen molar-refractivity contribution in [3.05, 3.63) is 72.9 Å². The molecule has 0 rings (SSSR count). The average molecular weight is 612 g/mol. The van der Waals surface area contributed by atoms with E-state index >= 15 is 0 Å². The second kappa shape index (κ2) is 35.3. The number of carbonyl (C=O) groups excluding carboxylic acids is 1. The zero-order valence-corrected chi connectivity index (χ0v) is 28.6. The monoisotopic (exact) mass is 612 g/mol. The molecule has 0 saturated carbocycles. The summed E-state index contributed by atoms with van der Waals surface area (Å²) in [6.45, 7) is 4.15. The topological polar surface area (TPSA) is 69.6 Å². The lowest BCUT2D eigenvalue weighted by atomic mass is 10.1. The van der Waals surface area contributed by atoms with Crippen LogP contribution in [0.15, 0.2) is 72.9 Å². The number of hydrogen-bond acceptors (Lipinski definition) is 3. The van der Waals surface area contributed by atoms with E-state index in [9.17, 15) is 15.0 Å². The van der Waals surface area contributed by atoms with Gasteiger partial charge in [-0.2, -0.15) is 0 Å². The summed E-state index contributed by atoms with van der Waals surface area (Å²) in [5, 5.41) is 22.8. The van der Waals surface area contributed by atoms with E-state index < -0.39 is 12.1 Å². The van der Waals surface area contributed by atoms with Crippen molar-refractivity contribution in [2.75, 3.05) is 6.61 Å². The molecule has 0 aliphatic rings. The van der Waals surface area contributed by atoms with Crippen LogP contribution in [0, 0.1) is 0 Å². The highest BCUT2D eigenvalue weighted by molar-refractivity contribution is 5.76. The van der Waals surface area contributed by atoms with Crippen LogP contribution in [-0.4, -0.2) is 34.9 Å². The summed E-state index contributed by atoms with van der Waals surface area (Å²) in [6, 6.07) is -0.634. The third-order valence-corrected chi connectivity index (χ3v) is 7.70. The molecule has 0 bridgehead atoms. The molecule has 0 heterocycles. The van der Waals surface area contributed by atoms with Crippen LogP contribution in [0.1, 0.15) is 155 Å². The third-order valence-electron chi connectivity index (χ3n) is 7.70. The second-order valence-corrected chi connectivity index (χ2v) is 11.9. The van der Waals surface area contributed by atoms with E-state index in [4.69, 9.17) is 0 Å². The van der Waals surface area contributed by atoms with E-state index in [1.165, 1.54) is 64.2 Å². The van der Waals surface area contributed by atoms with Crippen molar-refractivity contribution in [2.24, 2.45) is 0 Å². The lowest BCUT2D eigenvalue weighted by molar-refractivity contribution is -0.123. The highest BCUT2D eigenvalue weighted by atomic mass is 16.3. The van der Waals surface area contributed by atoms with Crippen molar-refractivity contribution in [2.45, 2.75) is 167 Å². The molecule has 0 spiro atoms. The molecule has 44 heavy (non-hydrogen) atoms. The van der Waals surface area contributed by atoms with Gasteiger partial charge in [-0.3, -0.25) is 4.79 Å². The molecule has 0 aliphatic carbocycles. The van der Waals surface area contributed by atoms with Gasteiger partial charge in [0.15, 0.2) is 0 Å². The van der Waals surface area contributed by atoms with Gasteiger partial charge in [-0.15, -0.1) is 0 Å². The Balaban J connectivity index is 3.71. The Kier molecular flexibility index (Phi) is 33.6. The normalized spacial score (nSPS) is 14.0. The van der Waals surface area contributed by atoms with Gasteiger partial charge in [0.25, 0.3) is 0 Å². The van der Waals surface area contributed by atoms with Crippen LogP contribution < -0.4 is 5.32 Å². The van der Waals surface area contributed by atoms with E-state index in [1.54, 1.807) is 6.08 Å². The maximum absolute atomic E-state index is 12.3. The van der Waals surface area contributed by atoms with Crippen molar-refractivity contribution in [3.63, 3.8) is 0 Å². The zero-order valence-electron chi connectivity index (χ0n) is 28.6. The highest BCUT2D eigenvalue weighted by Gasteiger charge is 2.17. The Morgan fingerprint density at radius 1 is 0.568 bits per heavy atom. The van der Waals surface area contributed by atoms with Gasteiger partial charge >= 0.3 is 0 Å². The maximum Gasteiger partial charge on any atom is 0.220 e. The Labute approximate surface area is 272 Å². The smallest absolute Gasteiger partial charge is 0.220 e. The number of amides is 1. The first-order chi connectivity index (χ1) is 21.7. The molecular weight excluding hydrogens is 542 g/mol. The maximum atomic E-state index is 12.3. The van der Waals surface area contributed by atoms with Crippen LogP contribution in [0.5, 0.6) is 0 Å². The Hall–Kier alpha value is -2.17. The molecule has 2 unspecified atom stereocenters. The first-order valence-corrected chi connectivity index (χ1v) is 18.2. The average Bonchev–Trinajstić information content (AvgIpc) is 3.03. The van der Waals surface area contributed by atoms with Crippen LogP contribution in [0.3, 0.4) is 0 Å². The van der Waals surface area contributed by atoms with Crippen LogP contribution in [0.4, 0.5) is 0 Å². The Morgan fingerprint density at radius 3 is 1.50 bits per heavy atom. The Morgan fingerprint density at radius 2 is 1.00 bits per heavy atom. The molecule has 2 atom stereocenters. The molecule has 3 N–H and O–H groups in total. The minimum atomic E-state index is -0.849. The van der Waals surface area contributed by atoms with E-state index in [0.717, 1.165) is 70.6 Å². The molecule has 0 fully saturated rings. The van der Waals surface area contributed by atoms with Gasteiger partial charge in [0, 0.05) is 6.42 Å². The third kappa shape index (κ3) is 31.3. The first kappa shape index (κ1) is 41.8. The summed E-state index contributed by atoms with van der Waals surface area (Å²) < 4.78 is 0. The van der Waals surface area contributed by atoms with Gasteiger partial charge in [0.05, 0.1) is 18.8 Å². The fraction of sp³-hybridized carbons (Fsp3) is 0.675. The van der Waals surface area contributed by atoms with Gasteiger partial charge in [0.1, 0.15) is 0 Å². The number of allylic oxidation sites excluding steroid dienone is 11. The van der Waals surface area contributed by atoms with Gasteiger partial charge in [-0.1, -0.05) is 157 Å². The van der Waals surface area contributed by atoms with E-state index in [-0.39, 0.29) is 12.5 Å². The summed E-state index contributed by atoms with van der Waals surface area (Å²) in [7, 11) is 0. The van der Waals surface area contributed by atoms with Gasteiger partial charge < -0.3 is 15.5 Å². The van der Waals surface area contributed by atoms with Crippen molar-refractivity contribution in [3.8, 4) is 0 Å². The molecule has 0 radical (unpaired) electrons. The quantitative estimate of drug-likeness (QED) is 0.0539. The number of rotatable bonds is 31. The largest absolute Gasteiger partial charge is 0.394 e. The summed E-state index contributed by atoms with van der Waals surface area (Å²) in [5.74, 6) is -0.0887. The lowest BCUT2D eigenvalue weighted by Crippen LogP contribution is -2.45. The zero-order chi connectivity index (χ0) is 32.2. The van der Waals surface area contributed by atoms with Crippen molar-refractivity contribution >= 4 is 5.91 Å². The summed E-state index contributed by atoms with van der Waals surface area (Å²) in [5.41, 5.74) is 0. The molecule has 4 nitrogen and oxygen atoms in total. The second-order valence-electron chi connectivity index (χ2n) is 11.9. The number of aliphatic hydroxyl groups is 2. The number of aliphatic hydroxyl groups excluding tert-OH is 2. The lowest BCUT2D eigenvalue weighted by Gasteiger charge is -2.20. The molecule has 1 amide bonds. The van der Waals surface area contributed by atoms with E-state index in [1.807, 2.05) is 6.08 Å². The minimum absolute atomic E-state index is 0.0887. The summed E-state index contributed by atoms with van der Waals surface area (Å²) in [4.78, 5) is 12.3. The number of hydrogen-bond donors (Lipinski definition) is 3. The molecule has 252 valence electrons. The van der Waals surface area contributed by atoms with Crippen LogP contribution in [-0.2, 0) is 4.79 Å². The van der Waals surface area contributed by atoms with Gasteiger partial charge in [-0.05, 0) is 64.2 Å². The number of unbranched alkanes of at least 4 members (excludes halogenated alkanes) is 14. The van der Waals surface area contributed by atoms with E-state index in [2.05, 4.69) is 79.9 Å². The van der Waals surface area contributed by atoms with Crippen LogP contribution >= 0.6 is 0 Å².